The number of nitrogens with one attached hydrogen (secondary N) is 1. The first-order valence-corrected chi connectivity index (χ1v) is 6.88. The molecule has 0 radical (unpaired) electrons. The summed E-state index contributed by atoms with van der Waals surface area (Å²) < 4.78 is 0. The Bertz CT molecular complexity index is 550. The molecule has 0 saturated carbocycles. The fourth-order valence-corrected chi connectivity index (χ4v) is 2.64. The molecule has 2 rings (SSSR count). The fraction of sp³-hybridized carbons (Fsp3) is 0.267. The lowest BCUT2D eigenvalue weighted by atomic mass is 9.98. The van der Waals surface area contributed by atoms with Crippen LogP contribution < -0.4 is 5.32 Å². The van der Waals surface area contributed by atoms with E-state index in [4.69, 9.17) is 23.2 Å². The molecule has 19 heavy (non-hydrogen) atoms. The molecule has 1 N–H and O–H groups in total. The van der Waals surface area contributed by atoms with Crippen LogP contribution in [-0.2, 0) is 6.42 Å². The third-order valence-corrected chi connectivity index (χ3v) is 3.65. The number of hydrogen-bond donors (Lipinski definition) is 1. The highest BCUT2D eigenvalue weighted by Gasteiger charge is 2.13. The fourth-order valence-electron chi connectivity index (χ4n) is 2.14. The number of halogens is 2. The number of rotatable bonds is 4. The monoisotopic (exact) mass is 294 g/mol. The van der Waals surface area contributed by atoms with Crippen molar-refractivity contribution in [2.24, 2.45) is 0 Å². The summed E-state index contributed by atoms with van der Waals surface area (Å²) in [5.74, 6) is 0. The van der Waals surface area contributed by atoms with Gasteiger partial charge in [-0.1, -0.05) is 29.3 Å². The third-order valence-electron chi connectivity index (χ3n) is 3.10. The number of hydrogen-bond acceptors (Lipinski definition) is 2. The van der Waals surface area contributed by atoms with Crippen LogP contribution in [0.15, 0.2) is 36.7 Å². The van der Waals surface area contributed by atoms with Crippen molar-refractivity contribution in [2.45, 2.75) is 19.4 Å². The van der Waals surface area contributed by atoms with Gasteiger partial charge in [-0.05, 0) is 55.3 Å². The molecule has 4 heteroatoms. The van der Waals surface area contributed by atoms with Crippen LogP contribution in [0.3, 0.4) is 0 Å². The van der Waals surface area contributed by atoms with Crippen molar-refractivity contribution in [1.29, 1.82) is 0 Å². The number of pyridine rings is 1. The first-order valence-electron chi connectivity index (χ1n) is 6.13. The molecule has 0 aliphatic carbocycles. The third kappa shape index (κ3) is 3.69. The van der Waals surface area contributed by atoms with Crippen LogP contribution in [0.5, 0.6) is 0 Å². The molecule has 1 aromatic carbocycles. The molecule has 2 nitrogen and oxygen atoms in total. The second kappa shape index (κ2) is 6.38. The molecule has 1 aromatic heterocycles. The van der Waals surface area contributed by atoms with Crippen molar-refractivity contribution >= 4 is 23.2 Å². The van der Waals surface area contributed by atoms with Crippen molar-refractivity contribution < 1.29 is 0 Å². The van der Waals surface area contributed by atoms with Crippen LogP contribution in [0, 0.1) is 6.92 Å². The maximum absolute atomic E-state index is 6.16. The minimum Gasteiger partial charge on any atom is -0.313 e. The quantitative estimate of drug-likeness (QED) is 0.914. The summed E-state index contributed by atoms with van der Waals surface area (Å²) in [5.41, 5.74) is 3.40. The zero-order valence-electron chi connectivity index (χ0n) is 11.0. The van der Waals surface area contributed by atoms with Crippen molar-refractivity contribution in [1.82, 2.24) is 10.3 Å². The van der Waals surface area contributed by atoms with E-state index in [2.05, 4.69) is 16.4 Å². The molecule has 1 unspecified atom stereocenters. The van der Waals surface area contributed by atoms with E-state index in [1.165, 1.54) is 5.56 Å². The predicted molar refractivity (Wildman–Crippen MR) is 80.9 cm³/mol. The van der Waals surface area contributed by atoms with Crippen molar-refractivity contribution in [3.05, 3.63) is 63.4 Å². The van der Waals surface area contributed by atoms with E-state index in [-0.39, 0.29) is 6.04 Å². The molecule has 0 spiro atoms. The Morgan fingerprint density at radius 1 is 1.26 bits per heavy atom. The smallest absolute Gasteiger partial charge is 0.0622 e. The highest BCUT2D eigenvalue weighted by atomic mass is 35.5. The Labute approximate surface area is 123 Å². The molecular weight excluding hydrogens is 279 g/mol. The molecule has 1 atom stereocenters. The van der Waals surface area contributed by atoms with E-state index in [1.54, 1.807) is 12.4 Å². The van der Waals surface area contributed by atoms with Crippen molar-refractivity contribution in [2.75, 3.05) is 7.05 Å². The highest BCUT2D eigenvalue weighted by Crippen LogP contribution is 2.25. The molecule has 100 valence electrons. The average Bonchev–Trinajstić information content (AvgIpc) is 2.36. The van der Waals surface area contributed by atoms with Gasteiger partial charge >= 0.3 is 0 Å². The van der Waals surface area contributed by atoms with Crippen LogP contribution >= 0.6 is 23.2 Å². The van der Waals surface area contributed by atoms with Gasteiger partial charge in [0.1, 0.15) is 0 Å². The van der Waals surface area contributed by atoms with Gasteiger partial charge in [0.25, 0.3) is 0 Å². The Morgan fingerprint density at radius 2 is 2.05 bits per heavy atom. The number of nitrogens with zero attached hydrogens (tertiary/aromatic N) is 1. The van der Waals surface area contributed by atoms with Gasteiger partial charge in [0.15, 0.2) is 0 Å². The maximum atomic E-state index is 6.16. The summed E-state index contributed by atoms with van der Waals surface area (Å²) in [4.78, 5) is 4.01. The first kappa shape index (κ1) is 14.3. The van der Waals surface area contributed by atoms with E-state index in [0.29, 0.717) is 5.02 Å². The van der Waals surface area contributed by atoms with Gasteiger partial charge in [0.05, 0.1) is 5.02 Å². The Morgan fingerprint density at radius 3 is 2.68 bits per heavy atom. The maximum Gasteiger partial charge on any atom is 0.0622 e. The van der Waals surface area contributed by atoms with Crippen LogP contribution in [0.25, 0.3) is 0 Å². The summed E-state index contributed by atoms with van der Waals surface area (Å²) in [6.45, 7) is 2.04. The van der Waals surface area contributed by atoms with E-state index in [1.807, 2.05) is 32.2 Å². The molecular formula is C15H16Cl2N2. The summed E-state index contributed by atoms with van der Waals surface area (Å²) >= 11 is 12.3. The molecule has 0 saturated heterocycles. The lowest BCUT2D eigenvalue weighted by Gasteiger charge is -2.18. The summed E-state index contributed by atoms with van der Waals surface area (Å²) in [6.07, 6.45) is 4.24. The Hall–Kier alpha value is -1.09. The van der Waals surface area contributed by atoms with Crippen molar-refractivity contribution in [3.63, 3.8) is 0 Å². The van der Waals surface area contributed by atoms with Gasteiger partial charge < -0.3 is 5.32 Å². The van der Waals surface area contributed by atoms with Crippen LogP contribution in [0.2, 0.25) is 10.0 Å². The van der Waals surface area contributed by atoms with Gasteiger partial charge in [-0.25, -0.2) is 0 Å². The van der Waals surface area contributed by atoms with Gasteiger partial charge in [0, 0.05) is 23.5 Å². The molecule has 0 aliphatic heterocycles. The van der Waals surface area contributed by atoms with Gasteiger partial charge in [0.2, 0.25) is 0 Å². The molecule has 2 aromatic rings. The van der Waals surface area contributed by atoms with E-state index in [9.17, 15) is 0 Å². The standard InChI is InChI=1S/C15H16Cl2N2/c1-10-5-12(7-13(16)6-10)15(18-2)8-11-3-4-19-9-14(11)17/h3-7,9,15,18H,8H2,1-2H3. The molecule has 0 bridgehead atoms. The SMILES string of the molecule is CNC(Cc1ccncc1Cl)c1cc(C)cc(Cl)c1. The zero-order valence-corrected chi connectivity index (χ0v) is 12.5. The van der Waals surface area contributed by atoms with Gasteiger partial charge in [-0.15, -0.1) is 0 Å². The average molecular weight is 295 g/mol. The lowest BCUT2D eigenvalue weighted by Crippen LogP contribution is -2.19. The minimum atomic E-state index is 0.178. The van der Waals surface area contributed by atoms with Gasteiger partial charge in [-0.2, -0.15) is 0 Å². The van der Waals surface area contributed by atoms with Crippen molar-refractivity contribution in [3.8, 4) is 0 Å². The van der Waals surface area contributed by atoms with E-state index < -0.39 is 0 Å². The van der Waals surface area contributed by atoms with E-state index in [0.717, 1.165) is 22.6 Å². The number of aromatic nitrogens is 1. The summed E-state index contributed by atoms with van der Waals surface area (Å²) in [7, 11) is 1.94. The topological polar surface area (TPSA) is 24.9 Å². The van der Waals surface area contributed by atoms with Crippen LogP contribution in [0.4, 0.5) is 0 Å². The first-order chi connectivity index (χ1) is 9.10. The second-order valence-electron chi connectivity index (χ2n) is 4.57. The largest absolute Gasteiger partial charge is 0.313 e. The number of benzene rings is 1. The molecule has 0 aliphatic rings. The van der Waals surface area contributed by atoms with Gasteiger partial charge in [-0.3, -0.25) is 4.98 Å². The number of aryl methyl sites for hydroxylation is 1. The van der Waals surface area contributed by atoms with E-state index >= 15 is 0 Å². The predicted octanol–water partition coefficient (Wildman–Crippen LogP) is 4.20. The molecule has 0 amide bonds. The number of likely N-dealkylation sites (N-methyl/N-ethyl adjacent to an activating group) is 1. The molecule has 0 fully saturated rings. The molecule has 1 heterocycles. The normalized spacial score (nSPS) is 12.4. The zero-order chi connectivity index (χ0) is 13.8. The minimum absolute atomic E-state index is 0.178. The van der Waals surface area contributed by atoms with Crippen LogP contribution in [0.1, 0.15) is 22.7 Å². The Balaban J connectivity index is 2.28. The summed E-state index contributed by atoms with van der Waals surface area (Å²) in [5, 5.41) is 4.77. The van der Waals surface area contributed by atoms with Crippen LogP contribution in [-0.4, -0.2) is 12.0 Å². The second-order valence-corrected chi connectivity index (χ2v) is 5.42. The summed E-state index contributed by atoms with van der Waals surface area (Å²) in [6, 6.07) is 8.21. The Kier molecular flexibility index (Phi) is 4.81. The lowest BCUT2D eigenvalue weighted by molar-refractivity contribution is 0.591. The highest BCUT2D eigenvalue weighted by molar-refractivity contribution is 6.31.